The van der Waals surface area contributed by atoms with Crippen LogP contribution in [0.5, 0.6) is 0 Å². The number of halogens is 1. The van der Waals surface area contributed by atoms with Crippen LogP contribution in [0.2, 0.25) is 0 Å². The maximum absolute atomic E-state index is 12.9. The number of likely N-dealkylation sites (tertiary alicyclic amines) is 1. The van der Waals surface area contributed by atoms with Crippen LogP contribution in [0, 0.1) is 12.7 Å². The molecule has 2 heterocycles. The Balaban J connectivity index is 1.72. The van der Waals surface area contributed by atoms with Crippen molar-refractivity contribution in [3.8, 4) is 0 Å². The summed E-state index contributed by atoms with van der Waals surface area (Å²) in [4.78, 5) is 14.3. The highest BCUT2D eigenvalue weighted by molar-refractivity contribution is 5.79. The zero-order valence-corrected chi connectivity index (χ0v) is 11.9. The first-order chi connectivity index (χ1) is 10.1. The lowest BCUT2D eigenvalue weighted by Gasteiger charge is -2.22. The Hall–Kier alpha value is -2.17. The van der Waals surface area contributed by atoms with Gasteiger partial charge >= 0.3 is 0 Å². The molecule has 1 fully saturated rings. The Morgan fingerprint density at radius 2 is 2.19 bits per heavy atom. The fraction of sp³-hybridized carbons (Fsp3) is 0.375. The van der Waals surface area contributed by atoms with E-state index in [9.17, 15) is 9.18 Å². The summed E-state index contributed by atoms with van der Waals surface area (Å²) < 4.78 is 18.2. The predicted molar refractivity (Wildman–Crippen MR) is 75.0 cm³/mol. The summed E-state index contributed by atoms with van der Waals surface area (Å²) >= 11 is 0. The van der Waals surface area contributed by atoms with Crippen LogP contribution in [-0.4, -0.2) is 22.5 Å². The molecule has 0 aliphatic carbocycles. The molecule has 1 saturated heterocycles. The molecule has 21 heavy (non-hydrogen) atoms. The molecule has 0 saturated carbocycles. The van der Waals surface area contributed by atoms with Crippen molar-refractivity contribution in [2.45, 2.75) is 32.2 Å². The SMILES string of the molecule is Cc1cc([C@H]2CCCN2C(=O)Cc2ccc(F)cc2)on1. The first kappa shape index (κ1) is 13.8. The fourth-order valence-electron chi connectivity index (χ4n) is 2.78. The van der Waals surface area contributed by atoms with Crippen LogP contribution in [0.4, 0.5) is 4.39 Å². The van der Waals surface area contributed by atoms with Crippen molar-refractivity contribution in [2.75, 3.05) is 6.54 Å². The van der Waals surface area contributed by atoms with Gasteiger partial charge in [0.1, 0.15) is 5.82 Å². The van der Waals surface area contributed by atoms with Crippen LogP contribution >= 0.6 is 0 Å². The third-order valence-corrected chi connectivity index (χ3v) is 3.82. The molecule has 1 aromatic heterocycles. The van der Waals surface area contributed by atoms with Crippen LogP contribution in [0.25, 0.3) is 0 Å². The number of hydrogen-bond acceptors (Lipinski definition) is 3. The molecule has 4 nitrogen and oxygen atoms in total. The molecular formula is C16H17FN2O2. The molecule has 0 N–H and O–H groups in total. The number of rotatable bonds is 3. The second kappa shape index (κ2) is 5.68. The Labute approximate surface area is 122 Å². The molecule has 2 aromatic rings. The minimum atomic E-state index is -0.289. The summed E-state index contributed by atoms with van der Waals surface area (Å²) in [5, 5.41) is 3.89. The number of hydrogen-bond donors (Lipinski definition) is 0. The first-order valence-electron chi connectivity index (χ1n) is 7.10. The molecule has 1 aromatic carbocycles. The van der Waals surface area contributed by atoms with Gasteiger partial charge in [-0.2, -0.15) is 0 Å². The Kier molecular flexibility index (Phi) is 3.73. The lowest BCUT2D eigenvalue weighted by atomic mass is 10.1. The highest BCUT2D eigenvalue weighted by Crippen LogP contribution is 2.32. The highest BCUT2D eigenvalue weighted by Gasteiger charge is 2.32. The monoisotopic (exact) mass is 288 g/mol. The summed E-state index contributed by atoms with van der Waals surface area (Å²) in [5.41, 5.74) is 1.64. The fourth-order valence-corrected chi connectivity index (χ4v) is 2.78. The topological polar surface area (TPSA) is 46.3 Å². The molecule has 1 aliphatic rings. The van der Waals surface area contributed by atoms with Crippen molar-refractivity contribution < 1.29 is 13.7 Å². The van der Waals surface area contributed by atoms with Gasteiger partial charge in [0.05, 0.1) is 18.2 Å². The van der Waals surface area contributed by atoms with Crippen molar-refractivity contribution in [2.24, 2.45) is 0 Å². The van der Waals surface area contributed by atoms with Gasteiger partial charge in [0, 0.05) is 12.6 Å². The van der Waals surface area contributed by atoms with E-state index in [-0.39, 0.29) is 24.2 Å². The molecule has 1 atom stereocenters. The van der Waals surface area contributed by atoms with Gasteiger partial charge in [-0.1, -0.05) is 17.3 Å². The number of nitrogens with zero attached hydrogens (tertiary/aromatic N) is 2. The van der Waals surface area contributed by atoms with Crippen molar-refractivity contribution in [3.05, 3.63) is 53.2 Å². The summed E-state index contributed by atoms with van der Waals surface area (Å²) in [6, 6.07) is 7.91. The zero-order chi connectivity index (χ0) is 14.8. The van der Waals surface area contributed by atoms with E-state index < -0.39 is 0 Å². The van der Waals surface area contributed by atoms with Crippen molar-refractivity contribution >= 4 is 5.91 Å². The molecule has 110 valence electrons. The number of benzene rings is 1. The molecule has 1 amide bonds. The summed E-state index contributed by atoms with van der Waals surface area (Å²) in [6.45, 7) is 2.59. The molecule has 0 unspecified atom stereocenters. The lowest BCUT2D eigenvalue weighted by Crippen LogP contribution is -2.31. The van der Waals surface area contributed by atoms with Gasteiger partial charge in [0.2, 0.25) is 5.91 Å². The number of carbonyl (C=O) groups excluding carboxylic acids is 1. The van der Waals surface area contributed by atoms with E-state index in [1.165, 1.54) is 12.1 Å². The van der Waals surface area contributed by atoms with Crippen molar-refractivity contribution in [1.82, 2.24) is 10.1 Å². The van der Waals surface area contributed by atoms with E-state index in [0.717, 1.165) is 36.4 Å². The predicted octanol–water partition coefficient (Wildman–Crippen LogP) is 3.03. The average molecular weight is 288 g/mol. The van der Waals surface area contributed by atoms with E-state index in [1.54, 1.807) is 12.1 Å². The minimum Gasteiger partial charge on any atom is -0.359 e. The molecule has 0 bridgehead atoms. The molecule has 0 radical (unpaired) electrons. The minimum absolute atomic E-state index is 0.0286. The first-order valence-corrected chi connectivity index (χ1v) is 7.10. The van der Waals surface area contributed by atoms with E-state index in [0.29, 0.717) is 0 Å². The number of amides is 1. The van der Waals surface area contributed by atoms with Crippen LogP contribution < -0.4 is 0 Å². The second-order valence-corrected chi connectivity index (χ2v) is 5.42. The summed E-state index contributed by atoms with van der Waals surface area (Å²) in [5.74, 6) is 0.498. The Morgan fingerprint density at radius 1 is 1.43 bits per heavy atom. The van der Waals surface area contributed by atoms with E-state index in [4.69, 9.17) is 4.52 Å². The van der Waals surface area contributed by atoms with Gasteiger partial charge in [-0.15, -0.1) is 0 Å². The molecule has 0 spiro atoms. The van der Waals surface area contributed by atoms with Gasteiger partial charge in [-0.3, -0.25) is 4.79 Å². The summed E-state index contributed by atoms with van der Waals surface area (Å²) in [7, 11) is 0. The van der Waals surface area contributed by atoms with Crippen LogP contribution in [0.15, 0.2) is 34.9 Å². The zero-order valence-electron chi connectivity index (χ0n) is 11.9. The van der Waals surface area contributed by atoms with Gasteiger partial charge in [0.25, 0.3) is 0 Å². The van der Waals surface area contributed by atoms with Gasteiger partial charge < -0.3 is 9.42 Å². The maximum Gasteiger partial charge on any atom is 0.227 e. The van der Waals surface area contributed by atoms with Gasteiger partial charge in [-0.25, -0.2) is 4.39 Å². The van der Waals surface area contributed by atoms with Crippen LogP contribution in [-0.2, 0) is 11.2 Å². The van der Waals surface area contributed by atoms with E-state index in [2.05, 4.69) is 5.16 Å². The number of carbonyl (C=O) groups is 1. The number of aromatic nitrogens is 1. The number of aryl methyl sites for hydroxylation is 1. The molecular weight excluding hydrogens is 271 g/mol. The second-order valence-electron chi connectivity index (χ2n) is 5.42. The highest BCUT2D eigenvalue weighted by atomic mass is 19.1. The Bertz CT molecular complexity index is 636. The van der Waals surface area contributed by atoms with E-state index >= 15 is 0 Å². The Morgan fingerprint density at radius 3 is 2.86 bits per heavy atom. The average Bonchev–Trinajstić information content (AvgIpc) is 3.09. The normalized spacial score (nSPS) is 18.2. The van der Waals surface area contributed by atoms with Gasteiger partial charge in [0.15, 0.2) is 5.76 Å². The smallest absolute Gasteiger partial charge is 0.227 e. The lowest BCUT2D eigenvalue weighted by molar-refractivity contribution is -0.131. The van der Waals surface area contributed by atoms with Gasteiger partial charge in [-0.05, 0) is 37.5 Å². The molecule has 1 aliphatic heterocycles. The maximum atomic E-state index is 12.9. The quantitative estimate of drug-likeness (QED) is 0.872. The third-order valence-electron chi connectivity index (χ3n) is 3.82. The standard InChI is InChI=1S/C16H17FN2O2/c1-11-9-15(21-18-11)14-3-2-8-19(14)16(20)10-12-4-6-13(17)7-5-12/h4-7,9,14H,2-3,8,10H2,1H3/t14-/m1/s1. The third kappa shape index (κ3) is 2.96. The van der Waals surface area contributed by atoms with Crippen molar-refractivity contribution in [3.63, 3.8) is 0 Å². The largest absolute Gasteiger partial charge is 0.359 e. The van der Waals surface area contributed by atoms with E-state index in [1.807, 2.05) is 17.9 Å². The summed E-state index contributed by atoms with van der Waals surface area (Å²) in [6.07, 6.45) is 2.13. The van der Waals surface area contributed by atoms with Crippen LogP contribution in [0.3, 0.4) is 0 Å². The van der Waals surface area contributed by atoms with Crippen LogP contribution in [0.1, 0.15) is 35.9 Å². The van der Waals surface area contributed by atoms with Crippen molar-refractivity contribution in [1.29, 1.82) is 0 Å². The molecule has 5 heteroatoms. The molecule has 3 rings (SSSR count).